The molecule has 188 valence electrons. The summed E-state index contributed by atoms with van der Waals surface area (Å²) in [5.41, 5.74) is 0.322. The first kappa shape index (κ1) is 24.9. The first-order valence-electron chi connectivity index (χ1n) is 12.3. The monoisotopic (exact) mass is 492 g/mol. The number of nitrogens with one attached hydrogen (secondary N) is 1. The molecule has 2 fully saturated rings. The van der Waals surface area contributed by atoms with Gasteiger partial charge in [0.05, 0.1) is 10.6 Å². The SMILES string of the molecule is C[C@@H]1C[C@H](C)CN(CCCNC(=O)CN2C(=O)COc3ccc(S(=O)(=O)N4CCCC4)cc32)C1. The van der Waals surface area contributed by atoms with Crippen molar-refractivity contribution in [2.45, 2.75) is 44.4 Å². The van der Waals surface area contributed by atoms with Crippen LogP contribution in [0.1, 0.15) is 39.5 Å². The van der Waals surface area contributed by atoms with Gasteiger partial charge in [-0.2, -0.15) is 4.31 Å². The average molecular weight is 493 g/mol. The van der Waals surface area contributed by atoms with Crippen molar-refractivity contribution >= 4 is 27.5 Å². The smallest absolute Gasteiger partial charge is 0.265 e. The van der Waals surface area contributed by atoms with E-state index in [0.717, 1.165) is 38.9 Å². The summed E-state index contributed by atoms with van der Waals surface area (Å²) in [6.07, 6.45) is 3.79. The maximum Gasteiger partial charge on any atom is 0.265 e. The first-order chi connectivity index (χ1) is 16.2. The third kappa shape index (κ3) is 5.72. The van der Waals surface area contributed by atoms with Crippen LogP contribution >= 0.6 is 0 Å². The maximum atomic E-state index is 13.0. The van der Waals surface area contributed by atoms with E-state index >= 15 is 0 Å². The van der Waals surface area contributed by atoms with Crippen LogP contribution in [0.15, 0.2) is 23.1 Å². The summed E-state index contributed by atoms with van der Waals surface area (Å²) < 4.78 is 32.9. The summed E-state index contributed by atoms with van der Waals surface area (Å²) in [6.45, 7) is 8.88. The minimum atomic E-state index is -3.64. The van der Waals surface area contributed by atoms with E-state index in [-0.39, 0.29) is 29.9 Å². The first-order valence-corrected chi connectivity index (χ1v) is 13.7. The summed E-state index contributed by atoms with van der Waals surface area (Å²) in [5, 5.41) is 2.91. The van der Waals surface area contributed by atoms with Gasteiger partial charge in [0.1, 0.15) is 12.3 Å². The van der Waals surface area contributed by atoms with E-state index in [0.29, 0.717) is 42.9 Å². The van der Waals surface area contributed by atoms with Crippen molar-refractivity contribution in [1.82, 2.24) is 14.5 Å². The zero-order valence-corrected chi connectivity index (χ0v) is 21.0. The molecule has 3 heterocycles. The fourth-order valence-corrected chi connectivity index (χ4v) is 6.84. The number of hydrogen-bond acceptors (Lipinski definition) is 6. The van der Waals surface area contributed by atoms with Gasteiger partial charge in [-0.05, 0) is 62.3 Å². The normalized spacial score (nSPS) is 24.1. The Morgan fingerprint density at radius 1 is 1.15 bits per heavy atom. The zero-order valence-electron chi connectivity index (χ0n) is 20.2. The van der Waals surface area contributed by atoms with Gasteiger partial charge in [0.15, 0.2) is 6.61 Å². The number of amides is 2. The second kappa shape index (κ2) is 10.6. The van der Waals surface area contributed by atoms with Crippen molar-refractivity contribution in [1.29, 1.82) is 0 Å². The highest BCUT2D eigenvalue weighted by Crippen LogP contribution is 2.35. The molecule has 3 aliphatic rings. The third-order valence-electron chi connectivity index (χ3n) is 6.80. The molecule has 10 heteroatoms. The van der Waals surface area contributed by atoms with Crippen LogP contribution in [-0.4, -0.2) is 81.9 Å². The van der Waals surface area contributed by atoms with Crippen molar-refractivity contribution in [2.75, 3.05) is 57.3 Å². The number of ether oxygens (including phenoxy) is 1. The molecule has 0 bridgehead atoms. The maximum absolute atomic E-state index is 13.0. The molecule has 2 amide bonds. The van der Waals surface area contributed by atoms with Gasteiger partial charge in [-0.25, -0.2) is 8.42 Å². The number of likely N-dealkylation sites (tertiary alicyclic amines) is 1. The highest BCUT2D eigenvalue weighted by molar-refractivity contribution is 7.89. The van der Waals surface area contributed by atoms with Gasteiger partial charge in [-0.1, -0.05) is 13.8 Å². The van der Waals surface area contributed by atoms with Gasteiger partial charge in [-0.15, -0.1) is 0 Å². The third-order valence-corrected chi connectivity index (χ3v) is 8.69. The fourth-order valence-electron chi connectivity index (χ4n) is 5.30. The van der Waals surface area contributed by atoms with Gasteiger partial charge in [0, 0.05) is 32.7 Å². The van der Waals surface area contributed by atoms with Crippen molar-refractivity contribution < 1.29 is 22.7 Å². The summed E-state index contributed by atoms with van der Waals surface area (Å²) >= 11 is 0. The van der Waals surface area contributed by atoms with Crippen molar-refractivity contribution in [3.8, 4) is 5.75 Å². The van der Waals surface area contributed by atoms with E-state index < -0.39 is 10.0 Å². The molecule has 4 rings (SSSR count). The molecule has 0 unspecified atom stereocenters. The van der Waals surface area contributed by atoms with Crippen LogP contribution in [0.4, 0.5) is 5.69 Å². The number of benzene rings is 1. The average Bonchev–Trinajstić information content (AvgIpc) is 3.34. The number of anilines is 1. The molecule has 0 saturated carbocycles. The second-order valence-corrected chi connectivity index (χ2v) is 11.9. The molecular weight excluding hydrogens is 456 g/mol. The topological polar surface area (TPSA) is 99.3 Å². The molecule has 1 aromatic carbocycles. The second-order valence-electron chi connectivity index (χ2n) is 9.92. The van der Waals surface area contributed by atoms with E-state index in [2.05, 4.69) is 24.1 Å². The van der Waals surface area contributed by atoms with E-state index in [1.54, 1.807) is 6.07 Å². The molecule has 9 nitrogen and oxygen atoms in total. The van der Waals surface area contributed by atoms with E-state index in [1.807, 2.05) is 0 Å². The Bertz CT molecular complexity index is 999. The largest absolute Gasteiger partial charge is 0.482 e. The number of carbonyl (C=O) groups excluding carboxylic acids is 2. The lowest BCUT2D eigenvalue weighted by atomic mass is 9.92. The summed E-state index contributed by atoms with van der Waals surface area (Å²) in [7, 11) is -3.64. The Labute approximate surface area is 202 Å². The molecule has 2 saturated heterocycles. The van der Waals surface area contributed by atoms with Gasteiger partial charge >= 0.3 is 0 Å². The molecule has 1 N–H and O–H groups in total. The van der Waals surface area contributed by atoms with E-state index in [4.69, 9.17) is 4.74 Å². The van der Waals surface area contributed by atoms with E-state index in [9.17, 15) is 18.0 Å². The summed E-state index contributed by atoms with van der Waals surface area (Å²) in [5.74, 6) is 1.17. The van der Waals surface area contributed by atoms with Gasteiger partial charge in [-0.3, -0.25) is 14.5 Å². The van der Waals surface area contributed by atoms with Crippen molar-refractivity contribution in [3.63, 3.8) is 0 Å². The summed E-state index contributed by atoms with van der Waals surface area (Å²) in [4.78, 5) is 29.1. The van der Waals surface area contributed by atoms with Crippen molar-refractivity contribution in [2.24, 2.45) is 11.8 Å². The minimum Gasteiger partial charge on any atom is -0.482 e. The molecule has 2 atom stereocenters. The van der Waals surface area contributed by atoms with Gasteiger partial charge < -0.3 is 15.0 Å². The van der Waals surface area contributed by atoms with E-state index in [1.165, 1.54) is 27.8 Å². The predicted molar refractivity (Wildman–Crippen MR) is 129 cm³/mol. The number of hydrogen-bond donors (Lipinski definition) is 1. The quantitative estimate of drug-likeness (QED) is 0.555. The fraction of sp³-hybridized carbons (Fsp3) is 0.667. The molecule has 1 aromatic rings. The number of fused-ring (bicyclic) bond motifs is 1. The number of piperidine rings is 1. The highest BCUT2D eigenvalue weighted by Gasteiger charge is 2.32. The van der Waals surface area contributed by atoms with Gasteiger partial charge in [0.2, 0.25) is 15.9 Å². The zero-order chi connectivity index (χ0) is 24.3. The van der Waals surface area contributed by atoms with Crippen LogP contribution in [0.2, 0.25) is 0 Å². The lowest BCUT2D eigenvalue weighted by Gasteiger charge is -2.35. The minimum absolute atomic E-state index is 0.113. The summed E-state index contributed by atoms with van der Waals surface area (Å²) in [6, 6.07) is 4.52. The lowest BCUT2D eigenvalue weighted by Crippen LogP contribution is -2.45. The van der Waals surface area contributed by atoms with Crippen molar-refractivity contribution in [3.05, 3.63) is 18.2 Å². The predicted octanol–water partition coefficient (Wildman–Crippen LogP) is 1.68. The Balaban J connectivity index is 1.36. The Morgan fingerprint density at radius 3 is 2.56 bits per heavy atom. The van der Waals surface area contributed by atoms with Crippen LogP contribution in [-0.2, 0) is 19.6 Å². The van der Waals surface area contributed by atoms with Crippen LogP contribution in [0.5, 0.6) is 5.75 Å². The molecule has 0 aromatic heterocycles. The highest BCUT2D eigenvalue weighted by atomic mass is 32.2. The van der Waals surface area contributed by atoms with Gasteiger partial charge in [0.25, 0.3) is 5.91 Å². The lowest BCUT2D eigenvalue weighted by molar-refractivity contribution is -0.125. The van der Waals surface area contributed by atoms with Crippen LogP contribution in [0.3, 0.4) is 0 Å². The standard InChI is InChI=1S/C24H36N4O5S/c1-18-12-19(2)15-26(14-18)9-5-8-25-23(29)16-28-21-13-20(6-7-22(21)33-17-24(28)30)34(31,32)27-10-3-4-11-27/h6-7,13,18-19H,3-5,8-12,14-17H2,1-2H3,(H,25,29)/t18-,19+. The molecular formula is C24H36N4O5S. The number of rotatable bonds is 8. The molecule has 0 radical (unpaired) electrons. The number of nitrogens with zero attached hydrogens (tertiary/aromatic N) is 3. The number of carbonyl (C=O) groups is 2. The van der Waals surface area contributed by atoms with Crippen LogP contribution in [0.25, 0.3) is 0 Å². The number of sulfonamides is 1. The molecule has 34 heavy (non-hydrogen) atoms. The Kier molecular flexibility index (Phi) is 7.79. The molecule has 0 spiro atoms. The van der Waals surface area contributed by atoms with Crippen LogP contribution in [0, 0.1) is 11.8 Å². The molecule has 3 aliphatic heterocycles. The molecule has 0 aliphatic carbocycles. The Hall–Kier alpha value is -2.17. The Morgan fingerprint density at radius 2 is 1.85 bits per heavy atom. The van der Waals surface area contributed by atoms with Crippen LogP contribution < -0.4 is 15.0 Å².